The Morgan fingerprint density at radius 3 is 3.00 bits per heavy atom. The molecule has 4 heteroatoms. The molecular weight excluding hydrogens is 196 g/mol. The molecule has 0 saturated heterocycles. The van der Waals surface area contributed by atoms with Crippen LogP contribution in [0.3, 0.4) is 0 Å². The molecule has 3 nitrogen and oxygen atoms in total. The number of allylic oxidation sites excluding steroid dienone is 1. The van der Waals surface area contributed by atoms with Gasteiger partial charge in [0, 0.05) is 12.1 Å². The third kappa shape index (κ3) is 3.30. The smallest absolute Gasteiger partial charge is 0.228 e. The summed E-state index contributed by atoms with van der Waals surface area (Å²) in [4.78, 5) is 11.6. The van der Waals surface area contributed by atoms with Gasteiger partial charge < -0.3 is 5.32 Å². The lowest BCUT2D eigenvalue weighted by molar-refractivity contribution is -0.119. The zero-order chi connectivity index (χ0) is 10.6. The number of aromatic nitrogens is 1. The fraction of sp³-hybridized carbons (Fsp3) is 0.400. The van der Waals surface area contributed by atoms with Crippen molar-refractivity contribution in [3.63, 3.8) is 0 Å². The molecule has 14 heavy (non-hydrogen) atoms. The summed E-state index contributed by atoms with van der Waals surface area (Å²) < 4.78 is 3.90. The lowest BCUT2D eigenvalue weighted by Crippen LogP contribution is -2.19. The van der Waals surface area contributed by atoms with Gasteiger partial charge in [-0.15, -0.1) is 6.58 Å². The lowest BCUT2D eigenvalue weighted by atomic mass is 10.0. The van der Waals surface area contributed by atoms with Crippen molar-refractivity contribution in [2.24, 2.45) is 5.92 Å². The number of amides is 1. The standard InChI is InChI=1S/C10H14N2OS/c1-7(2)6-8(3)10(13)12-9-4-5-11-14-9/h4-5,8H,1,6H2,2-3H3,(H,12,13). The molecule has 0 spiro atoms. The van der Waals surface area contributed by atoms with Crippen LogP contribution >= 0.6 is 11.5 Å². The molecular formula is C10H14N2OS. The summed E-state index contributed by atoms with van der Waals surface area (Å²) in [5.74, 6) is -0.00755. The van der Waals surface area contributed by atoms with Crippen molar-refractivity contribution in [2.45, 2.75) is 20.3 Å². The predicted molar refractivity (Wildman–Crippen MR) is 59.3 cm³/mol. The van der Waals surface area contributed by atoms with Crippen LogP contribution in [-0.4, -0.2) is 10.3 Å². The third-order valence-corrected chi connectivity index (χ3v) is 2.45. The number of nitrogens with zero attached hydrogens (tertiary/aromatic N) is 1. The van der Waals surface area contributed by atoms with E-state index in [2.05, 4.69) is 16.3 Å². The van der Waals surface area contributed by atoms with Gasteiger partial charge in [-0.3, -0.25) is 4.79 Å². The van der Waals surface area contributed by atoms with Crippen molar-refractivity contribution in [3.8, 4) is 0 Å². The van der Waals surface area contributed by atoms with E-state index in [0.717, 1.165) is 17.0 Å². The molecule has 1 aromatic heterocycles. The molecule has 0 radical (unpaired) electrons. The van der Waals surface area contributed by atoms with Crippen LogP contribution in [-0.2, 0) is 4.79 Å². The first kappa shape index (κ1) is 10.9. The van der Waals surface area contributed by atoms with E-state index in [-0.39, 0.29) is 11.8 Å². The van der Waals surface area contributed by atoms with E-state index < -0.39 is 0 Å². The van der Waals surface area contributed by atoms with E-state index in [1.807, 2.05) is 13.8 Å². The highest BCUT2D eigenvalue weighted by Crippen LogP contribution is 2.15. The Hall–Kier alpha value is -1.16. The molecule has 0 saturated carbocycles. The van der Waals surface area contributed by atoms with Crippen molar-refractivity contribution in [1.82, 2.24) is 4.37 Å². The number of anilines is 1. The van der Waals surface area contributed by atoms with Gasteiger partial charge in [-0.1, -0.05) is 12.5 Å². The predicted octanol–water partition coefficient (Wildman–Crippen LogP) is 2.68. The highest BCUT2D eigenvalue weighted by molar-refractivity contribution is 7.10. The first-order valence-electron chi connectivity index (χ1n) is 4.45. The number of nitrogens with one attached hydrogen (secondary N) is 1. The van der Waals surface area contributed by atoms with E-state index in [4.69, 9.17) is 0 Å². The zero-order valence-corrected chi connectivity index (χ0v) is 9.23. The summed E-state index contributed by atoms with van der Waals surface area (Å²) in [5.41, 5.74) is 1.02. The second-order valence-electron chi connectivity index (χ2n) is 3.43. The van der Waals surface area contributed by atoms with Crippen LogP contribution < -0.4 is 5.32 Å². The van der Waals surface area contributed by atoms with E-state index >= 15 is 0 Å². The topological polar surface area (TPSA) is 42.0 Å². The summed E-state index contributed by atoms with van der Waals surface area (Å²) in [6.07, 6.45) is 2.40. The van der Waals surface area contributed by atoms with Crippen LogP contribution in [0.5, 0.6) is 0 Å². The quantitative estimate of drug-likeness (QED) is 0.776. The van der Waals surface area contributed by atoms with Crippen LogP contribution in [0, 0.1) is 5.92 Å². The van der Waals surface area contributed by atoms with Crippen LogP contribution in [0.15, 0.2) is 24.4 Å². The average Bonchev–Trinajstić information content (AvgIpc) is 2.55. The van der Waals surface area contributed by atoms with E-state index in [1.165, 1.54) is 11.5 Å². The number of carbonyl (C=O) groups is 1. The Labute approximate surface area is 88.0 Å². The average molecular weight is 210 g/mol. The molecule has 0 fully saturated rings. The maximum absolute atomic E-state index is 11.6. The molecule has 1 N–H and O–H groups in total. The Bertz CT molecular complexity index is 319. The van der Waals surface area contributed by atoms with Crippen molar-refractivity contribution in [1.29, 1.82) is 0 Å². The third-order valence-electron chi connectivity index (χ3n) is 1.79. The summed E-state index contributed by atoms with van der Waals surface area (Å²) in [6, 6.07) is 1.79. The molecule has 0 aliphatic heterocycles. The van der Waals surface area contributed by atoms with Crippen LogP contribution in [0.2, 0.25) is 0 Å². The summed E-state index contributed by atoms with van der Waals surface area (Å²) in [6.45, 7) is 7.61. The normalized spacial score (nSPS) is 12.1. The molecule has 0 aliphatic carbocycles. The van der Waals surface area contributed by atoms with Crippen LogP contribution in [0.25, 0.3) is 0 Å². The Balaban J connectivity index is 2.46. The minimum Gasteiger partial charge on any atom is -0.316 e. The van der Waals surface area contributed by atoms with Gasteiger partial charge in [0.2, 0.25) is 5.91 Å². The molecule has 1 aromatic rings. The van der Waals surface area contributed by atoms with Gasteiger partial charge in [0.1, 0.15) is 5.00 Å². The van der Waals surface area contributed by atoms with Gasteiger partial charge in [-0.25, -0.2) is 0 Å². The summed E-state index contributed by atoms with van der Waals surface area (Å²) >= 11 is 1.28. The maximum Gasteiger partial charge on any atom is 0.228 e. The van der Waals surface area contributed by atoms with Gasteiger partial charge in [0.15, 0.2) is 0 Å². The zero-order valence-electron chi connectivity index (χ0n) is 8.41. The Morgan fingerprint density at radius 1 is 1.79 bits per heavy atom. The second-order valence-corrected chi connectivity index (χ2v) is 4.26. The SMILES string of the molecule is C=C(C)CC(C)C(=O)Nc1ccns1. The number of hydrogen-bond acceptors (Lipinski definition) is 3. The maximum atomic E-state index is 11.6. The first-order chi connectivity index (χ1) is 6.59. The van der Waals surface area contributed by atoms with Crippen LogP contribution in [0.4, 0.5) is 5.00 Å². The van der Waals surface area contributed by atoms with Gasteiger partial charge in [-0.05, 0) is 30.9 Å². The Morgan fingerprint density at radius 2 is 2.50 bits per heavy atom. The van der Waals surface area contributed by atoms with Gasteiger partial charge in [-0.2, -0.15) is 4.37 Å². The molecule has 0 bridgehead atoms. The summed E-state index contributed by atoms with van der Waals surface area (Å²) in [5, 5.41) is 3.60. The first-order valence-corrected chi connectivity index (χ1v) is 5.23. The largest absolute Gasteiger partial charge is 0.316 e. The molecule has 1 rings (SSSR count). The van der Waals surface area contributed by atoms with Gasteiger partial charge in [0.05, 0.1) is 0 Å². The number of rotatable bonds is 4. The monoisotopic (exact) mass is 210 g/mol. The van der Waals surface area contributed by atoms with E-state index in [0.29, 0.717) is 0 Å². The highest BCUT2D eigenvalue weighted by Gasteiger charge is 2.13. The molecule has 76 valence electrons. The van der Waals surface area contributed by atoms with Crippen molar-refractivity contribution < 1.29 is 4.79 Å². The minimum atomic E-state index is -0.0328. The van der Waals surface area contributed by atoms with Crippen molar-refractivity contribution >= 4 is 22.4 Å². The number of hydrogen-bond donors (Lipinski definition) is 1. The fourth-order valence-corrected chi connectivity index (χ4v) is 1.64. The molecule has 1 heterocycles. The van der Waals surface area contributed by atoms with Gasteiger partial charge in [0.25, 0.3) is 0 Å². The minimum absolute atomic E-state index is 0.0252. The van der Waals surface area contributed by atoms with Crippen LogP contribution in [0.1, 0.15) is 20.3 Å². The summed E-state index contributed by atoms with van der Waals surface area (Å²) in [7, 11) is 0. The molecule has 0 aliphatic rings. The lowest BCUT2D eigenvalue weighted by Gasteiger charge is -2.09. The van der Waals surface area contributed by atoms with E-state index in [9.17, 15) is 4.79 Å². The fourth-order valence-electron chi connectivity index (χ4n) is 1.14. The molecule has 0 aromatic carbocycles. The van der Waals surface area contributed by atoms with E-state index in [1.54, 1.807) is 12.3 Å². The molecule has 1 unspecified atom stereocenters. The molecule has 1 amide bonds. The Kier molecular flexibility index (Phi) is 3.83. The van der Waals surface area contributed by atoms with Gasteiger partial charge >= 0.3 is 0 Å². The number of carbonyl (C=O) groups excluding carboxylic acids is 1. The van der Waals surface area contributed by atoms with Crippen molar-refractivity contribution in [2.75, 3.05) is 5.32 Å². The van der Waals surface area contributed by atoms with Crippen molar-refractivity contribution in [3.05, 3.63) is 24.4 Å². The second kappa shape index (κ2) is 4.91. The molecule has 1 atom stereocenters. The highest BCUT2D eigenvalue weighted by atomic mass is 32.1.